The molecule has 0 saturated carbocycles. The number of benzene rings is 1. The molecule has 1 aliphatic rings. The average molecular weight is 306 g/mol. The number of likely N-dealkylation sites (tertiary alicyclic amines) is 1. The minimum absolute atomic E-state index is 0.151. The molecule has 1 saturated heterocycles. The molecule has 5 heteroatoms. The van der Waals surface area contributed by atoms with Gasteiger partial charge in [0.05, 0.1) is 12.2 Å². The first-order valence-corrected chi connectivity index (χ1v) is 8.03. The molecule has 3 N–H and O–H groups in total. The van der Waals surface area contributed by atoms with Crippen LogP contribution in [-0.2, 0) is 11.2 Å². The van der Waals surface area contributed by atoms with Crippen LogP contribution in [0.25, 0.3) is 0 Å². The lowest BCUT2D eigenvalue weighted by molar-refractivity contribution is -0.136. The van der Waals surface area contributed by atoms with Crippen molar-refractivity contribution in [3.05, 3.63) is 35.9 Å². The number of aliphatic hydroxyl groups is 2. The molecule has 122 valence electrons. The summed E-state index contributed by atoms with van der Waals surface area (Å²) in [5.74, 6) is -0.151. The SMILES string of the molecule is CCNC(=O)[C@@H]1[C@@H](O)C[C@H](O)CN1CCCc1ccccc1. The number of carbonyl (C=O) groups excluding carboxylic acids is 1. The van der Waals surface area contributed by atoms with E-state index in [4.69, 9.17) is 0 Å². The number of piperidine rings is 1. The van der Waals surface area contributed by atoms with E-state index < -0.39 is 18.2 Å². The summed E-state index contributed by atoms with van der Waals surface area (Å²) in [7, 11) is 0. The third kappa shape index (κ3) is 4.53. The van der Waals surface area contributed by atoms with E-state index >= 15 is 0 Å². The summed E-state index contributed by atoms with van der Waals surface area (Å²) in [6.45, 7) is 3.53. The van der Waals surface area contributed by atoms with Crippen molar-refractivity contribution in [2.75, 3.05) is 19.6 Å². The number of rotatable bonds is 6. The Morgan fingerprint density at radius 1 is 1.32 bits per heavy atom. The van der Waals surface area contributed by atoms with Crippen LogP contribution in [0, 0.1) is 0 Å². The zero-order valence-electron chi connectivity index (χ0n) is 13.1. The van der Waals surface area contributed by atoms with Crippen LogP contribution < -0.4 is 5.32 Å². The zero-order chi connectivity index (χ0) is 15.9. The molecule has 1 aromatic carbocycles. The maximum atomic E-state index is 12.2. The Labute approximate surface area is 131 Å². The maximum absolute atomic E-state index is 12.2. The largest absolute Gasteiger partial charge is 0.392 e. The van der Waals surface area contributed by atoms with Crippen molar-refractivity contribution in [2.45, 2.75) is 44.4 Å². The van der Waals surface area contributed by atoms with Crippen molar-refractivity contribution in [1.29, 1.82) is 0 Å². The Hall–Kier alpha value is -1.43. The second kappa shape index (κ2) is 8.27. The van der Waals surface area contributed by atoms with Gasteiger partial charge in [-0.05, 0) is 31.9 Å². The van der Waals surface area contributed by atoms with Gasteiger partial charge in [-0.1, -0.05) is 30.3 Å². The van der Waals surface area contributed by atoms with Gasteiger partial charge in [0.1, 0.15) is 6.04 Å². The highest BCUT2D eigenvalue weighted by Crippen LogP contribution is 2.19. The van der Waals surface area contributed by atoms with Gasteiger partial charge in [0.2, 0.25) is 5.91 Å². The number of nitrogens with one attached hydrogen (secondary N) is 1. The van der Waals surface area contributed by atoms with Crippen molar-refractivity contribution in [3.63, 3.8) is 0 Å². The maximum Gasteiger partial charge on any atom is 0.240 e. The van der Waals surface area contributed by atoms with Gasteiger partial charge in [-0.15, -0.1) is 0 Å². The van der Waals surface area contributed by atoms with Crippen LogP contribution >= 0.6 is 0 Å². The fourth-order valence-corrected chi connectivity index (χ4v) is 3.09. The van der Waals surface area contributed by atoms with Gasteiger partial charge in [-0.3, -0.25) is 9.69 Å². The van der Waals surface area contributed by atoms with Gasteiger partial charge in [0.15, 0.2) is 0 Å². The molecule has 0 radical (unpaired) electrons. The monoisotopic (exact) mass is 306 g/mol. The molecule has 0 aliphatic carbocycles. The van der Waals surface area contributed by atoms with E-state index in [1.54, 1.807) is 0 Å². The second-order valence-electron chi connectivity index (χ2n) is 5.88. The highest BCUT2D eigenvalue weighted by molar-refractivity contribution is 5.82. The Morgan fingerprint density at radius 3 is 2.73 bits per heavy atom. The van der Waals surface area contributed by atoms with Crippen LogP contribution in [0.3, 0.4) is 0 Å². The second-order valence-corrected chi connectivity index (χ2v) is 5.88. The van der Waals surface area contributed by atoms with Gasteiger partial charge >= 0.3 is 0 Å². The standard InChI is InChI=1S/C17H26N2O3/c1-2-18-17(22)16-15(21)11-14(20)12-19(16)10-6-9-13-7-4-3-5-8-13/h3-5,7-8,14-16,20-21H,2,6,9-12H2,1H3,(H,18,22)/t14-,15-,16-/m0/s1. The molecule has 1 amide bonds. The van der Waals surface area contributed by atoms with Crippen LogP contribution in [-0.4, -0.2) is 58.9 Å². The molecule has 0 spiro atoms. The predicted octanol–water partition coefficient (Wildman–Crippen LogP) is 0.551. The molecule has 5 nitrogen and oxygen atoms in total. The van der Waals surface area contributed by atoms with Gasteiger partial charge < -0.3 is 15.5 Å². The smallest absolute Gasteiger partial charge is 0.240 e. The van der Waals surface area contributed by atoms with Crippen molar-refractivity contribution >= 4 is 5.91 Å². The third-order valence-corrected chi connectivity index (χ3v) is 4.09. The van der Waals surface area contributed by atoms with E-state index in [9.17, 15) is 15.0 Å². The summed E-state index contributed by atoms with van der Waals surface area (Å²) < 4.78 is 0. The molecular formula is C17H26N2O3. The Morgan fingerprint density at radius 2 is 2.05 bits per heavy atom. The Kier molecular flexibility index (Phi) is 6.36. The minimum Gasteiger partial charge on any atom is -0.392 e. The molecule has 0 unspecified atom stereocenters. The van der Waals surface area contributed by atoms with Crippen LogP contribution in [0.5, 0.6) is 0 Å². The molecule has 1 aromatic rings. The summed E-state index contributed by atoms with van der Waals surface area (Å²) in [5.41, 5.74) is 1.26. The van der Waals surface area contributed by atoms with Gasteiger partial charge in [-0.2, -0.15) is 0 Å². The number of β-amino-alcohol motifs (C(OH)–C–C–N with tert-alkyl or cyclic N) is 1. The molecular weight excluding hydrogens is 280 g/mol. The van der Waals surface area contributed by atoms with E-state index in [1.165, 1.54) is 5.56 Å². The lowest BCUT2D eigenvalue weighted by atomic mass is 9.95. The predicted molar refractivity (Wildman–Crippen MR) is 85.4 cm³/mol. The lowest BCUT2D eigenvalue weighted by Crippen LogP contribution is -2.59. The number of carbonyl (C=O) groups is 1. The Balaban J connectivity index is 1.93. The molecule has 0 aromatic heterocycles. The summed E-state index contributed by atoms with van der Waals surface area (Å²) >= 11 is 0. The molecule has 22 heavy (non-hydrogen) atoms. The highest BCUT2D eigenvalue weighted by atomic mass is 16.3. The number of hydrogen-bond donors (Lipinski definition) is 3. The van der Waals surface area contributed by atoms with Crippen LogP contribution in [0.2, 0.25) is 0 Å². The first-order valence-electron chi connectivity index (χ1n) is 8.03. The minimum atomic E-state index is -0.813. The normalized spacial score (nSPS) is 25.9. The molecule has 2 rings (SSSR count). The molecule has 3 atom stereocenters. The first kappa shape index (κ1) is 16.9. The lowest BCUT2D eigenvalue weighted by Gasteiger charge is -2.40. The number of nitrogens with zero attached hydrogens (tertiary/aromatic N) is 1. The Bertz CT molecular complexity index is 466. The topological polar surface area (TPSA) is 72.8 Å². The highest BCUT2D eigenvalue weighted by Gasteiger charge is 2.38. The third-order valence-electron chi connectivity index (χ3n) is 4.09. The number of hydrogen-bond acceptors (Lipinski definition) is 4. The number of aliphatic hydroxyl groups excluding tert-OH is 2. The van der Waals surface area contributed by atoms with Crippen LogP contribution in [0.1, 0.15) is 25.3 Å². The first-order chi connectivity index (χ1) is 10.6. The van der Waals surface area contributed by atoms with E-state index in [1.807, 2.05) is 30.0 Å². The van der Waals surface area contributed by atoms with Gasteiger partial charge in [0.25, 0.3) is 0 Å². The number of aryl methyl sites for hydroxylation is 1. The molecule has 1 aliphatic heterocycles. The van der Waals surface area contributed by atoms with E-state index in [0.717, 1.165) is 12.8 Å². The fourth-order valence-electron chi connectivity index (χ4n) is 3.09. The van der Waals surface area contributed by atoms with Gasteiger partial charge in [0, 0.05) is 19.5 Å². The molecule has 0 bridgehead atoms. The van der Waals surface area contributed by atoms with Crippen molar-refractivity contribution < 1.29 is 15.0 Å². The van der Waals surface area contributed by atoms with Crippen LogP contribution in [0.4, 0.5) is 0 Å². The summed E-state index contributed by atoms with van der Waals surface area (Å²) in [6.07, 6.45) is 0.687. The van der Waals surface area contributed by atoms with Crippen LogP contribution in [0.15, 0.2) is 30.3 Å². The number of likely N-dealkylation sites (N-methyl/N-ethyl adjacent to an activating group) is 1. The summed E-state index contributed by atoms with van der Waals surface area (Å²) in [5, 5.41) is 22.8. The quantitative estimate of drug-likeness (QED) is 0.718. The zero-order valence-corrected chi connectivity index (χ0v) is 13.1. The molecule has 1 fully saturated rings. The van der Waals surface area contributed by atoms with E-state index in [2.05, 4.69) is 17.4 Å². The van der Waals surface area contributed by atoms with Crippen molar-refractivity contribution in [1.82, 2.24) is 10.2 Å². The van der Waals surface area contributed by atoms with Crippen molar-refractivity contribution in [2.24, 2.45) is 0 Å². The summed E-state index contributed by atoms with van der Waals surface area (Å²) in [4.78, 5) is 14.1. The number of amides is 1. The molecule has 1 heterocycles. The van der Waals surface area contributed by atoms with E-state index in [0.29, 0.717) is 19.6 Å². The van der Waals surface area contributed by atoms with Gasteiger partial charge in [-0.25, -0.2) is 0 Å². The van der Waals surface area contributed by atoms with Crippen molar-refractivity contribution in [3.8, 4) is 0 Å². The average Bonchev–Trinajstić information content (AvgIpc) is 2.48. The van der Waals surface area contributed by atoms with E-state index in [-0.39, 0.29) is 12.3 Å². The fraction of sp³-hybridized carbons (Fsp3) is 0.588. The summed E-state index contributed by atoms with van der Waals surface area (Å²) in [6, 6.07) is 9.63.